The van der Waals surface area contributed by atoms with Crippen molar-refractivity contribution in [3.8, 4) is 6.07 Å². The first kappa shape index (κ1) is 10.9. The lowest BCUT2D eigenvalue weighted by molar-refractivity contribution is 0.149. The van der Waals surface area contributed by atoms with Gasteiger partial charge in [-0.2, -0.15) is 5.26 Å². The molecule has 0 unspecified atom stereocenters. The van der Waals surface area contributed by atoms with E-state index in [4.69, 9.17) is 5.26 Å². The zero-order chi connectivity index (χ0) is 10.7. The molecular weight excluding hydrogens is 258 g/mol. The fourth-order valence-corrected chi connectivity index (χ4v) is 1.39. The van der Waals surface area contributed by atoms with Crippen molar-refractivity contribution in [1.29, 1.82) is 5.26 Å². The second-order valence-corrected chi connectivity index (χ2v) is 3.05. The highest BCUT2D eigenvalue weighted by molar-refractivity contribution is 9.08. The number of aromatic amines is 1. The first-order valence-corrected chi connectivity index (χ1v) is 4.72. The highest BCUT2D eigenvalue weighted by atomic mass is 79.9. The average Bonchev–Trinajstić information content (AvgIpc) is 2.16. The number of H-pyrrole nitrogens is 1. The summed E-state index contributed by atoms with van der Waals surface area (Å²) in [6.45, 7) is 0. The zero-order valence-electron chi connectivity index (χ0n) is 6.85. The number of nitrogens with one attached hydrogen (secondary N) is 1. The van der Waals surface area contributed by atoms with Crippen molar-refractivity contribution in [3.63, 3.8) is 0 Å². The molecule has 1 aromatic heterocycles. The minimum atomic E-state index is -2.87. The van der Waals surface area contributed by atoms with Gasteiger partial charge in [0.05, 0.1) is 11.1 Å². The van der Waals surface area contributed by atoms with E-state index in [2.05, 4.69) is 20.9 Å². The Morgan fingerprint density at radius 3 is 2.71 bits per heavy atom. The number of pyridine rings is 1. The minimum absolute atomic E-state index is 0.0526. The molecule has 1 N–H and O–H groups in total. The Labute approximate surface area is 86.5 Å². The Hall–Kier alpha value is -1.22. The van der Waals surface area contributed by atoms with E-state index in [-0.39, 0.29) is 10.9 Å². The van der Waals surface area contributed by atoms with E-state index in [9.17, 15) is 13.6 Å². The number of hydrogen-bond donors (Lipinski definition) is 1. The van der Waals surface area contributed by atoms with Crippen LogP contribution in [0, 0.1) is 11.3 Å². The summed E-state index contributed by atoms with van der Waals surface area (Å²) in [5.74, 6) is 0. The SMILES string of the molecule is N#Cc1cc(C(F)F)c(=O)[nH]c1CBr. The van der Waals surface area contributed by atoms with Crippen molar-refractivity contribution < 1.29 is 8.78 Å². The molecule has 0 aliphatic rings. The molecule has 0 aromatic carbocycles. The van der Waals surface area contributed by atoms with Gasteiger partial charge in [-0.3, -0.25) is 4.79 Å². The van der Waals surface area contributed by atoms with Crippen LogP contribution in [-0.2, 0) is 5.33 Å². The van der Waals surface area contributed by atoms with Crippen molar-refractivity contribution in [2.75, 3.05) is 0 Å². The fourth-order valence-electron chi connectivity index (χ4n) is 0.952. The third-order valence-corrected chi connectivity index (χ3v) is 2.20. The molecule has 0 aliphatic heterocycles. The third kappa shape index (κ3) is 1.99. The number of halogens is 3. The van der Waals surface area contributed by atoms with Crippen molar-refractivity contribution >= 4 is 15.9 Å². The highest BCUT2D eigenvalue weighted by Crippen LogP contribution is 2.17. The molecule has 0 aliphatic carbocycles. The third-order valence-electron chi connectivity index (χ3n) is 1.64. The van der Waals surface area contributed by atoms with Gasteiger partial charge >= 0.3 is 0 Å². The smallest absolute Gasteiger partial charge is 0.269 e. The van der Waals surface area contributed by atoms with Gasteiger partial charge in [-0.15, -0.1) is 0 Å². The first-order chi connectivity index (χ1) is 6.60. The summed E-state index contributed by atoms with van der Waals surface area (Å²) in [6, 6.07) is 2.65. The van der Waals surface area contributed by atoms with Gasteiger partial charge in [0, 0.05) is 11.0 Å². The number of nitriles is 1. The lowest BCUT2D eigenvalue weighted by Gasteiger charge is -2.02. The van der Waals surface area contributed by atoms with Gasteiger partial charge in [-0.1, -0.05) is 15.9 Å². The van der Waals surface area contributed by atoms with Crippen LogP contribution in [0.25, 0.3) is 0 Å². The van der Waals surface area contributed by atoms with Crippen molar-refractivity contribution in [2.45, 2.75) is 11.8 Å². The zero-order valence-corrected chi connectivity index (χ0v) is 8.44. The Kier molecular flexibility index (Phi) is 3.36. The van der Waals surface area contributed by atoms with E-state index in [0.29, 0.717) is 5.69 Å². The summed E-state index contributed by atoms with van der Waals surface area (Å²) < 4.78 is 24.5. The van der Waals surface area contributed by atoms with Crippen LogP contribution < -0.4 is 5.56 Å². The Morgan fingerprint density at radius 2 is 2.29 bits per heavy atom. The largest absolute Gasteiger partial charge is 0.324 e. The summed E-state index contributed by atoms with van der Waals surface area (Å²) in [4.78, 5) is 13.3. The van der Waals surface area contributed by atoms with Gasteiger partial charge in [0.25, 0.3) is 12.0 Å². The van der Waals surface area contributed by atoms with Crippen molar-refractivity contribution in [3.05, 3.63) is 33.2 Å². The van der Waals surface area contributed by atoms with Crippen LogP contribution in [0.15, 0.2) is 10.9 Å². The van der Waals surface area contributed by atoms with E-state index < -0.39 is 17.5 Å². The molecule has 3 nitrogen and oxygen atoms in total. The topological polar surface area (TPSA) is 56.6 Å². The van der Waals surface area contributed by atoms with E-state index >= 15 is 0 Å². The fraction of sp³-hybridized carbons (Fsp3) is 0.250. The lowest BCUT2D eigenvalue weighted by Crippen LogP contribution is -2.15. The van der Waals surface area contributed by atoms with Crippen LogP contribution in [0.1, 0.15) is 23.2 Å². The second-order valence-electron chi connectivity index (χ2n) is 2.49. The maximum atomic E-state index is 12.2. The van der Waals surface area contributed by atoms with Crippen LogP contribution >= 0.6 is 15.9 Å². The molecule has 6 heteroatoms. The maximum absolute atomic E-state index is 12.2. The van der Waals surface area contributed by atoms with Crippen molar-refractivity contribution in [1.82, 2.24) is 4.98 Å². The standard InChI is InChI=1S/C8H5BrF2N2O/c9-2-6-4(3-12)1-5(7(10)11)8(14)13-6/h1,7H,2H2,(H,13,14). The summed E-state index contributed by atoms with van der Waals surface area (Å²) in [5, 5.41) is 8.85. The predicted octanol–water partition coefficient (Wildman–Crippen LogP) is 2.08. The van der Waals surface area contributed by atoms with Gasteiger partial charge in [-0.25, -0.2) is 8.78 Å². The molecule has 0 radical (unpaired) electrons. The molecule has 0 saturated heterocycles. The Morgan fingerprint density at radius 1 is 1.64 bits per heavy atom. The summed E-state index contributed by atoms with van der Waals surface area (Å²) >= 11 is 3.04. The molecule has 74 valence electrons. The molecule has 0 amide bonds. The van der Waals surface area contributed by atoms with Crippen LogP contribution in [-0.4, -0.2) is 4.98 Å². The van der Waals surface area contributed by atoms with E-state index in [1.165, 1.54) is 0 Å². The van der Waals surface area contributed by atoms with Crippen LogP contribution in [0.2, 0.25) is 0 Å². The Bertz CT molecular complexity index is 436. The monoisotopic (exact) mass is 262 g/mol. The van der Waals surface area contributed by atoms with Gasteiger partial charge in [0.15, 0.2) is 0 Å². The van der Waals surface area contributed by atoms with Crippen LogP contribution in [0.5, 0.6) is 0 Å². The highest BCUT2D eigenvalue weighted by Gasteiger charge is 2.15. The first-order valence-electron chi connectivity index (χ1n) is 3.60. The van der Waals surface area contributed by atoms with E-state index in [0.717, 1.165) is 6.07 Å². The molecule has 0 spiro atoms. The van der Waals surface area contributed by atoms with E-state index in [1.54, 1.807) is 6.07 Å². The lowest BCUT2D eigenvalue weighted by atomic mass is 10.1. The number of aromatic nitrogens is 1. The molecule has 0 bridgehead atoms. The number of alkyl halides is 3. The summed E-state index contributed by atoms with van der Waals surface area (Å²) in [7, 11) is 0. The molecular formula is C8H5BrF2N2O. The molecule has 0 fully saturated rings. The average molecular weight is 263 g/mol. The normalized spacial score (nSPS) is 10.2. The quantitative estimate of drug-likeness (QED) is 0.830. The summed E-state index contributed by atoms with van der Waals surface area (Å²) in [6.07, 6.45) is -2.87. The molecule has 0 atom stereocenters. The van der Waals surface area contributed by atoms with E-state index in [1.807, 2.05) is 0 Å². The Balaban J connectivity index is 3.40. The van der Waals surface area contributed by atoms with Crippen LogP contribution in [0.4, 0.5) is 8.78 Å². The van der Waals surface area contributed by atoms with Gasteiger partial charge in [0.1, 0.15) is 6.07 Å². The van der Waals surface area contributed by atoms with Gasteiger partial charge in [-0.05, 0) is 6.07 Å². The van der Waals surface area contributed by atoms with Gasteiger partial charge < -0.3 is 4.98 Å². The maximum Gasteiger partial charge on any atom is 0.269 e. The number of nitrogens with zero attached hydrogens (tertiary/aromatic N) is 1. The molecule has 1 aromatic rings. The molecule has 1 heterocycles. The number of hydrogen-bond acceptors (Lipinski definition) is 2. The molecule has 0 saturated carbocycles. The predicted molar refractivity (Wildman–Crippen MR) is 49.4 cm³/mol. The second kappa shape index (κ2) is 4.33. The van der Waals surface area contributed by atoms with Crippen LogP contribution in [0.3, 0.4) is 0 Å². The molecule has 1 rings (SSSR count). The van der Waals surface area contributed by atoms with Gasteiger partial charge in [0.2, 0.25) is 0 Å². The summed E-state index contributed by atoms with van der Waals surface area (Å²) in [5.41, 5.74) is -1.17. The number of rotatable bonds is 2. The van der Waals surface area contributed by atoms with Crippen molar-refractivity contribution in [2.24, 2.45) is 0 Å². The molecule has 14 heavy (non-hydrogen) atoms. The minimum Gasteiger partial charge on any atom is -0.324 e.